The zero-order valence-electron chi connectivity index (χ0n) is 11.5. The number of hydrogen-bond acceptors (Lipinski definition) is 6. The van der Waals surface area contributed by atoms with E-state index in [1.807, 2.05) is 0 Å². The van der Waals surface area contributed by atoms with Crippen molar-refractivity contribution in [3.8, 4) is 0 Å². The minimum Gasteiger partial charge on any atom is -0.388 e. The van der Waals surface area contributed by atoms with E-state index in [2.05, 4.69) is 5.32 Å². The van der Waals surface area contributed by atoms with Crippen molar-refractivity contribution in [1.29, 1.82) is 0 Å². The van der Waals surface area contributed by atoms with Crippen LogP contribution in [-0.4, -0.2) is 41.8 Å². The number of nitro groups is 1. The third-order valence-corrected chi connectivity index (χ3v) is 2.72. The van der Waals surface area contributed by atoms with E-state index in [9.17, 15) is 19.7 Å². The molecule has 1 aromatic carbocycles. The van der Waals surface area contributed by atoms with Crippen LogP contribution >= 0.6 is 0 Å². The SMILES string of the molecule is CNc1ccc([N+](=O)[O-])cc1CN(CC(N)=O)CC(N)=O. The Hall–Kier alpha value is -2.68. The molecule has 0 heterocycles. The minimum absolute atomic E-state index is 0.0814. The van der Waals surface area contributed by atoms with Crippen molar-refractivity contribution in [2.75, 3.05) is 25.5 Å². The Kier molecular flexibility index (Phi) is 5.61. The molecule has 0 fully saturated rings. The molecule has 21 heavy (non-hydrogen) atoms. The maximum absolute atomic E-state index is 11.0. The molecule has 0 aliphatic rings. The van der Waals surface area contributed by atoms with Crippen molar-refractivity contribution >= 4 is 23.2 Å². The number of carbonyl (C=O) groups excluding carboxylic acids is 2. The highest BCUT2D eigenvalue weighted by molar-refractivity contribution is 5.79. The fourth-order valence-electron chi connectivity index (χ4n) is 1.92. The molecular weight excluding hydrogens is 278 g/mol. The molecule has 0 saturated heterocycles. The molecule has 114 valence electrons. The maximum atomic E-state index is 11.0. The number of hydrogen-bond donors (Lipinski definition) is 3. The van der Waals surface area contributed by atoms with Crippen molar-refractivity contribution in [3.05, 3.63) is 33.9 Å². The molecule has 2 amide bonds. The standard InChI is InChI=1S/C12H17N5O4/c1-15-10-3-2-9(17(20)21)4-8(10)5-16(6-11(13)18)7-12(14)19/h2-4,15H,5-7H2,1H3,(H2,13,18)(H2,14,19). The molecule has 0 radical (unpaired) electrons. The Balaban J connectivity index is 3.04. The average Bonchev–Trinajstić information content (AvgIpc) is 2.36. The topological polar surface area (TPSA) is 145 Å². The summed E-state index contributed by atoms with van der Waals surface area (Å²) in [6.07, 6.45) is 0. The number of anilines is 1. The van der Waals surface area contributed by atoms with Gasteiger partial charge in [0, 0.05) is 31.4 Å². The van der Waals surface area contributed by atoms with Crippen molar-refractivity contribution in [3.63, 3.8) is 0 Å². The molecule has 9 heteroatoms. The summed E-state index contributed by atoms with van der Waals surface area (Å²) in [6.45, 7) is -0.215. The van der Waals surface area contributed by atoms with Crippen LogP contribution in [0.15, 0.2) is 18.2 Å². The highest BCUT2D eigenvalue weighted by Crippen LogP contribution is 2.23. The van der Waals surface area contributed by atoms with E-state index in [1.54, 1.807) is 13.1 Å². The third kappa shape index (κ3) is 5.07. The molecule has 0 atom stereocenters. The normalized spacial score (nSPS) is 10.4. The highest BCUT2D eigenvalue weighted by Gasteiger charge is 2.16. The number of rotatable bonds is 8. The van der Waals surface area contributed by atoms with Crippen molar-refractivity contribution < 1.29 is 14.5 Å². The third-order valence-electron chi connectivity index (χ3n) is 2.72. The van der Waals surface area contributed by atoms with Crippen LogP contribution in [0.5, 0.6) is 0 Å². The van der Waals surface area contributed by atoms with Gasteiger partial charge < -0.3 is 16.8 Å². The first-order chi connectivity index (χ1) is 9.83. The van der Waals surface area contributed by atoms with Gasteiger partial charge in [0.2, 0.25) is 11.8 Å². The second-order valence-corrected chi connectivity index (χ2v) is 4.43. The zero-order valence-corrected chi connectivity index (χ0v) is 11.5. The molecule has 0 bridgehead atoms. The van der Waals surface area contributed by atoms with Gasteiger partial charge in [0.25, 0.3) is 5.69 Å². The number of nitrogens with two attached hydrogens (primary N) is 2. The molecule has 0 aliphatic heterocycles. The second kappa shape index (κ2) is 7.20. The van der Waals surface area contributed by atoms with Crippen molar-refractivity contribution in [2.24, 2.45) is 11.5 Å². The largest absolute Gasteiger partial charge is 0.388 e. The van der Waals surface area contributed by atoms with Gasteiger partial charge in [0.15, 0.2) is 0 Å². The molecule has 1 aromatic rings. The summed E-state index contributed by atoms with van der Waals surface area (Å²) < 4.78 is 0. The van der Waals surface area contributed by atoms with E-state index in [1.165, 1.54) is 17.0 Å². The van der Waals surface area contributed by atoms with Crippen LogP contribution in [0.4, 0.5) is 11.4 Å². The zero-order chi connectivity index (χ0) is 16.0. The van der Waals surface area contributed by atoms with Gasteiger partial charge in [0.1, 0.15) is 0 Å². The summed E-state index contributed by atoms with van der Waals surface area (Å²) in [5, 5.41) is 13.7. The number of non-ortho nitro benzene ring substituents is 1. The second-order valence-electron chi connectivity index (χ2n) is 4.43. The molecule has 0 unspecified atom stereocenters. The Labute approximate surface area is 121 Å². The molecule has 0 spiro atoms. The monoisotopic (exact) mass is 295 g/mol. The van der Waals surface area contributed by atoms with Gasteiger partial charge in [-0.25, -0.2) is 0 Å². The van der Waals surface area contributed by atoms with Gasteiger partial charge >= 0.3 is 0 Å². The Morgan fingerprint density at radius 1 is 1.29 bits per heavy atom. The summed E-state index contributed by atoms with van der Waals surface area (Å²) >= 11 is 0. The Morgan fingerprint density at radius 2 is 1.86 bits per heavy atom. The number of nitrogens with zero attached hydrogens (tertiary/aromatic N) is 2. The molecule has 5 N–H and O–H groups in total. The van der Waals surface area contributed by atoms with E-state index >= 15 is 0 Å². The Morgan fingerprint density at radius 3 is 2.29 bits per heavy atom. The first-order valence-electron chi connectivity index (χ1n) is 6.07. The minimum atomic E-state index is -0.618. The molecule has 0 saturated carbocycles. The molecule has 9 nitrogen and oxygen atoms in total. The van der Waals surface area contributed by atoms with Crippen LogP contribution < -0.4 is 16.8 Å². The van der Waals surface area contributed by atoms with E-state index in [-0.39, 0.29) is 25.3 Å². The van der Waals surface area contributed by atoms with Crippen LogP contribution in [0.2, 0.25) is 0 Å². The molecule has 0 aliphatic carbocycles. The lowest BCUT2D eigenvalue weighted by molar-refractivity contribution is -0.384. The van der Waals surface area contributed by atoms with Gasteiger partial charge in [-0.2, -0.15) is 0 Å². The van der Waals surface area contributed by atoms with E-state index < -0.39 is 16.7 Å². The number of nitro benzene ring substituents is 1. The van der Waals surface area contributed by atoms with Gasteiger partial charge in [-0.05, 0) is 11.6 Å². The number of nitrogens with one attached hydrogen (secondary N) is 1. The summed E-state index contributed by atoms with van der Waals surface area (Å²) in [5.74, 6) is -1.24. The van der Waals surface area contributed by atoms with Gasteiger partial charge in [-0.15, -0.1) is 0 Å². The van der Waals surface area contributed by atoms with Crippen molar-refractivity contribution in [2.45, 2.75) is 6.54 Å². The summed E-state index contributed by atoms with van der Waals surface area (Å²) in [6, 6.07) is 4.29. The summed E-state index contributed by atoms with van der Waals surface area (Å²) in [4.78, 5) is 33.8. The number of amides is 2. The first-order valence-corrected chi connectivity index (χ1v) is 6.07. The molecule has 0 aromatic heterocycles. The van der Waals surface area contributed by atoms with Gasteiger partial charge in [-0.1, -0.05) is 0 Å². The average molecular weight is 295 g/mol. The van der Waals surface area contributed by atoms with E-state index in [0.29, 0.717) is 11.3 Å². The quantitative estimate of drug-likeness (QED) is 0.431. The van der Waals surface area contributed by atoms with Gasteiger partial charge in [-0.3, -0.25) is 24.6 Å². The van der Waals surface area contributed by atoms with Crippen LogP contribution in [0.1, 0.15) is 5.56 Å². The number of carbonyl (C=O) groups is 2. The van der Waals surface area contributed by atoms with Crippen LogP contribution in [-0.2, 0) is 16.1 Å². The number of primary amides is 2. The predicted octanol–water partition coefficient (Wildman–Crippen LogP) is -0.591. The van der Waals surface area contributed by atoms with Crippen molar-refractivity contribution in [1.82, 2.24) is 4.90 Å². The van der Waals surface area contributed by atoms with Crippen LogP contribution in [0.25, 0.3) is 0 Å². The first kappa shape index (κ1) is 16.4. The summed E-state index contributed by atoms with van der Waals surface area (Å²) in [7, 11) is 1.66. The fraction of sp³-hybridized carbons (Fsp3) is 0.333. The maximum Gasteiger partial charge on any atom is 0.269 e. The lowest BCUT2D eigenvalue weighted by Crippen LogP contribution is -2.39. The molecule has 1 rings (SSSR count). The number of benzene rings is 1. The Bertz CT molecular complexity index is 545. The lowest BCUT2D eigenvalue weighted by atomic mass is 10.1. The van der Waals surface area contributed by atoms with E-state index in [4.69, 9.17) is 11.5 Å². The molecular formula is C12H17N5O4. The highest BCUT2D eigenvalue weighted by atomic mass is 16.6. The fourth-order valence-corrected chi connectivity index (χ4v) is 1.92. The predicted molar refractivity (Wildman–Crippen MR) is 76.3 cm³/mol. The smallest absolute Gasteiger partial charge is 0.269 e. The van der Waals surface area contributed by atoms with Crippen LogP contribution in [0.3, 0.4) is 0 Å². The van der Waals surface area contributed by atoms with Gasteiger partial charge in [0.05, 0.1) is 18.0 Å². The van der Waals surface area contributed by atoms with E-state index in [0.717, 1.165) is 0 Å². The van der Waals surface area contributed by atoms with Crippen LogP contribution in [0, 0.1) is 10.1 Å². The lowest BCUT2D eigenvalue weighted by Gasteiger charge is -2.20. The summed E-state index contributed by atoms with van der Waals surface area (Å²) in [5.41, 5.74) is 11.4.